The monoisotopic (exact) mass is 401 g/mol. The number of nitrogens with one attached hydrogen (secondary N) is 1. The van der Waals surface area contributed by atoms with Gasteiger partial charge in [0.15, 0.2) is 0 Å². The molecule has 0 heterocycles. The molecule has 0 aliphatic heterocycles. The lowest BCUT2D eigenvalue weighted by Gasteiger charge is -2.25. The Kier molecular flexibility index (Phi) is 10.2. The molecule has 3 N–H and O–H groups in total. The van der Waals surface area contributed by atoms with E-state index in [-0.39, 0.29) is 36.5 Å². The second kappa shape index (κ2) is 11.0. The van der Waals surface area contributed by atoms with Gasteiger partial charge in [0.1, 0.15) is 11.4 Å². The highest BCUT2D eigenvalue weighted by Gasteiger charge is 2.29. The predicted octanol–water partition coefficient (Wildman–Crippen LogP) is 3.49. The number of carbonyl (C=O) groups is 1. The van der Waals surface area contributed by atoms with Gasteiger partial charge in [-0.3, -0.25) is 4.79 Å². The molecule has 0 fully saturated rings. The number of halogens is 3. The van der Waals surface area contributed by atoms with E-state index >= 15 is 0 Å². The zero-order chi connectivity index (χ0) is 17.6. The van der Waals surface area contributed by atoms with E-state index in [1.165, 1.54) is 6.07 Å². The molecule has 4 nitrogen and oxygen atoms in total. The van der Waals surface area contributed by atoms with E-state index in [4.69, 9.17) is 5.73 Å². The average Bonchev–Trinajstić information content (AvgIpc) is 2.59. The Balaban J connectivity index is 0.00000312. The van der Waals surface area contributed by atoms with Crippen molar-refractivity contribution in [2.24, 2.45) is 5.73 Å². The fourth-order valence-electron chi connectivity index (χ4n) is 2.50. The van der Waals surface area contributed by atoms with Crippen molar-refractivity contribution in [1.82, 2.24) is 5.32 Å². The number of rotatable bonds is 7. The first-order valence-electron chi connectivity index (χ1n) is 8.01. The molecule has 0 spiro atoms. The van der Waals surface area contributed by atoms with Crippen LogP contribution in [0.3, 0.4) is 0 Å². The third-order valence-corrected chi connectivity index (χ3v) is 4.06. The lowest BCUT2D eigenvalue weighted by Crippen LogP contribution is -2.49. The van der Waals surface area contributed by atoms with Crippen LogP contribution < -0.4 is 16.0 Å². The summed E-state index contributed by atoms with van der Waals surface area (Å²) < 4.78 is 13.7. The summed E-state index contributed by atoms with van der Waals surface area (Å²) >= 11 is 0. The van der Waals surface area contributed by atoms with Crippen molar-refractivity contribution >= 4 is 36.4 Å². The Bertz CT molecular complexity index is 683. The second-order valence-electron chi connectivity index (χ2n) is 6.05. The van der Waals surface area contributed by atoms with Crippen LogP contribution in [-0.4, -0.2) is 26.0 Å². The fourth-order valence-corrected chi connectivity index (χ4v) is 2.50. The molecule has 0 saturated heterocycles. The molecule has 0 aliphatic carbocycles. The number of nitrogens with zero attached hydrogens (tertiary/aromatic N) is 1. The molecule has 1 atom stereocenters. The maximum absolute atomic E-state index is 13.7. The summed E-state index contributed by atoms with van der Waals surface area (Å²) in [6, 6.07) is 15.9. The molecule has 2 rings (SSSR count). The van der Waals surface area contributed by atoms with Crippen LogP contribution in [0.2, 0.25) is 0 Å². The van der Waals surface area contributed by atoms with Crippen LogP contribution in [0.1, 0.15) is 18.9 Å². The summed E-state index contributed by atoms with van der Waals surface area (Å²) in [5, 5.41) is 2.86. The Hall–Kier alpha value is -1.82. The molecule has 0 saturated carbocycles. The molecule has 0 aliphatic rings. The number of anilines is 1. The van der Waals surface area contributed by atoms with Gasteiger partial charge < -0.3 is 16.0 Å². The summed E-state index contributed by atoms with van der Waals surface area (Å²) in [5.41, 5.74) is 6.41. The van der Waals surface area contributed by atoms with Gasteiger partial charge in [-0.05, 0) is 31.0 Å². The highest BCUT2D eigenvalue weighted by atomic mass is 35.5. The van der Waals surface area contributed by atoms with Crippen molar-refractivity contribution in [3.63, 3.8) is 0 Å². The first-order valence-corrected chi connectivity index (χ1v) is 8.01. The number of para-hydroxylation sites is 1. The van der Waals surface area contributed by atoms with Gasteiger partial charge in [-0.25, -0.2) is 4.39 Å². The third-order valence-electron chi connectivity index (χ3n) is 4.06. The molecule has 1 unspecified atom stereocenters. The van der Waals surface area contributed by atoms with Crippen molar-refractivity contribution in [3.8, 4) is 0 Å². The summed E-state index contributed by atoms with van der Waals surface area (Å²) in [6.07, 6.45) is 0.696. The molecular weight excluding hydrogens is 376 g/mol. The van der Waals surface area contributed by atoms with E-state index in [0.717, 1.165) is 5.56 Å². The fraction of sp³-hybridized carbons (Fsp3) is 0.316. The van der Waals surface area contributed by atoms with Crippen LogP contribution in [0, 0.1) is 5.82 Å². The maximum atomic E-state index is 13.7. The number of benzene rings is 2. The van der Waals surface area contributed by atoms with Gasteiger partial charge in [-0.1, -0.05) is 42.5 Å². The van der Waals surface area contributed by atoms with Gasteiger partial charge in [-0.2, -0.15) is 0 Å². The first kappa shape index (κ1) is 24.2. The molecule has 2 aromatic rings. The lowest BCUT2D eigenvalue weighted by molar-refractivity contribution is -0.126. The van der Waals surface area contributed by atoms with E-state index in [1.54, 1.807) is 25.1 Å². The lowest BCUT2D eigenvalue weighted by atomic mass is 9.92. The molecule has 0 aromatic heterocycles. The first-order chi connectivity index (χ1) is 11.4. The number of nitrogens with two attached hydrogens (primary N) is 1. The minimum Gasteiger partial charge on any atom is -0.372 e. The van der Waals surface area contributed by atoms with E-state index in [9.17, 15) is 9.18 Å². The minimum atomic E-state index is -1.07. The number of hydrogen-bond donors (Lipinski definition) is 2. The normalized spacial score (nSPS) is 12.2. The summed E-state index contributed by atoms with van der Waals surface area (Å²) in [6.45, 7) is 2.81. The molecule has 0 radical (unpaired) electrons. The Morgan fingerprint density at radius 1 is 1.12 bits per heavy atom. The van der Waals surface area contributed by atoms with Gasteiger partial charge in [0.2, 0.25) is 5.91 Å². The molecule has 2 aromatic carbocycles. The highest BCUT2D eigenvalue weighted by Crippen LogP contribution is 2.18. The number of carbonyl (C=O) groups excluding carboxylic acids is 1. The third kappa shape index (κ3) is 6.16. The van der Waals surface area contributed by atoms with E-state index in [0.29, 0.717) is 25.2 Å². The summed E-state index contributed by atoms with van der Waals surface area (Å²) in [5.74, 6) is -0.468. The van der Waals surface area contributed by atoms with E-state index in [1.807, 2.05) is 42.3 Å². The van der Waals surface area contributed by atoms with Crippen LogP contribution >= 0.6 is 24.8 Å². The Labute approximate surface area is 166 Å². The van der Waals surface area contributed by atoms with Crippen molar-refractivity contribution in [2.45, 2.75) is 18.9 Å². The van der Waals surface area contributed by atoms with Gasteiger partial charge >= 0.3 is 0 Å². The van der Waals surface area contributed by atoms with Gasteiger partial charge in [0.25, 0.3) is 0 Å². The quantitative estimate of drug-likeness (QED) is 0.698. The van der Waals surface area contributed by atoms with Crippen LogP contribution in [0.15, 0.2) is 54.6 Å². The number of hydrogen-bond acceptors (Lipinski definition) is 3. The van der Waals surface area contributed by atoms with Gasteiger partial charge in [0.05, 0.1) is 5.69 Å². The molecule has 144 valence electrons. The molecular formula is C19H26Cl2FN3O. The van der Waals surface area contributed by atoms with Gasteiger partial charge in [0, 0.05) is 20.1 Å². The van der Waals surface area contributed by atoms with Crippen LogP contribution in [0.5, 0.6) is 0 Å². The summed E-state index contributed by atoms with van der Waals surface area (Å²) in [7, 11) is 1.83. The van der Waals surface area contributed by atoms with E-state index < -0.39 is 5.54 Å². The maximum Gasteiger partial charge on any atom is 0.244 e. The van der Waals surface area contributed by atoms with Crippen molar-refractivity contribution < 1.29 is 9.18 Å². The van der Waals surface area contributed by atoms with Crippen LogP contribution in [0.25, 0.3) is 0 Å². The second-order valence-corrected chi connectivity index (χ2v) is 6.05. The largest absolute Gasteiger partial charge is 0.372 e. The Morgan fingerprint density at radius 3 is 2.31 bits per heavy atom. The smallest absolute Gasteiger partial charge is 0.244 e. The van der Waals surface area contributed by atoms with Gasteiger partial charge in [-0.15, -0.1) is 24.8 Å². The zero-order valence-corrected chi connectivity index (χ0v) is 16.6. The Morgan fingerprint density at radius 2 is 1.69 bits per heavy atom. The highest BCUT2D eigenvalue weighted by molar-refractivity contribution is 5.87. The molecule has 0 bridgehead atoms. The van der Waals surface area contributed by atoms with Crippen LogP contribution in [0.4, 0.5) is 10.1 Å². The van der Waals surface area contributed by atoms with Crippen molar-refractivity contribution in [2.75, 3.05) is 25.0 Å². The van der Waals surface area contributed by atoms with Crippen molar-refractivity contribution in [3.05, 3.63) is 66.0 Å². The van der Waals surface area contributed by atoms with E-state index in [2.05, 4.69) is 5.32 Å². The number of amides is 1. The molecule has 7 heteroatoms. The minimum absolute atomic E-state index is 0. The SMILES string of the molecule is CN(CCCNC(=O)C(C)(N)c1ccccc1)c1ccccc1F.Cl.Cl. The predicted molar refractivity (Wildman–Crippen MR) is 110 cm³/mol. The summed E-state index contributed by atoms with van der Waals surface area (Å²) in [4.78, 5) is 14.2. The zero-order valence-electron chi connectivity index (χ0n) is 14.9. The standard InChI is InChI=1S/C19H24FN3O.2ClH/c1-19(21,15-9-4-3-5-10-15)18(24)22-13-8-14-23(2)17-12-7-6-11-16(17)20;;/h3-7,9-12H,8,13-14,21H2,1-2H3,(H,22,24);2*1H. The molecule has 1 amide bonds. The van der Waals surface area contributed by atoms with Crippen LogP contribution in [-0.2, 0) is 10.3 Å². The average molecular weight is 402 g/mol. The molecule has 26 heavy (non-hydrogen) atoms. The topological polar surface area (TPSA) is 58.4 Å². The van der Waals surface area contributed by atoms with Crippen molar-refractivity contribution in [1.29, 1.82) is 0 Å².